The molecular weight excluding hydrogens is 264 g/mol. The summed E-state index contributed by atoms with van der Waals surface area (Å²) >= 11 is 0. The van der Waals surface area contributed by atoms with Crippen molar-refractivity contribution >= 4 is 11.8 Å². The second kappa shape index (κ2) is 5.64. The second-order valence-electron chi connectivity index (χ2n) is 5.39. The minimum Gasteiger partial charge on any atom is -0.462 e. The number of anilines is 1. The molecule has 1 heterocycles. The average Bonchev–Trinajstić information content (AvgIpc) is 2.66. The predicted molar refractivity (Wildman–Crippen MR) is 85.1 cm³/mol. The molecule has 0 bridgehead atoms. The van der Waals surface area contributed by atoms with Crippen molar-refractivity contribution in [2.45, 2.75) is 34.6 Å². The number of rotatable bonds is 3. The molecule has 0 aliphatic carbocycles. The topological polar surface area (TPSA) is 57.2 Å². The molecule has 4 nitrogen and oxygen atoms in total. The number of nitrogens with zero attached hydrogens (tertiary/aromatic N) is 1. The second-order valence-corrected chi connectivity index (χ2v) is 5.39. The number of carbonyl (C=O) groups excluding carboxylic acids is 1. The fourth-order valence-electron chi connectivity index (χ4n) is 2.85. The molecule has 4 heteroatoms. The average molecular weight is 286 g/mol. The molecular formula is C17H22N2O2. The summed E-state index contributed by atoms with van der Waals surface area (Å²) in [6.45, 7) is 10.2. The normalized spacial score (nSPS) is 10.7. The Labute approximate surface area is 125 Å². The van der Waals surface area contributed by atoms with Gasteiger partial charge >= 0.3 is 5.97 Å². The van der Waals surface area contributed by atoms with Crippen LogP contribution in [-0.2, 0) is 4.74 Å². The molecule has 0 unspecified atom stereocenters. The molecule has 0 radical (unpaired) electrons. The molecule has 1 aromatic heterocycles. The Morgan fingerprint density at radius 2 is 1.71 bits per heavy atom. The summed E-state index contributed by atoms with van der Waals surface area (Å²) in [5.41, 5.74) is 12.1. The summed E-state index contributed by atoms with van der Waals surface area (Å²) in [5.74, 6) is 0.0558. The van der Waals surface area contributed by atoms with E-state index in [0.717, 1.165) is 22.5 Å². The molecule has 0 aliphatic heterocycles. The highest BCUT2D eigenvalue weighted by molar-refractivity contribution is 5.95. The van der Waals surface area contributed by atoms with Gasteiger partial charge in [0.15, 0.2) is 0 Å². The van der Waals surface area contributed by atoms with E-state index < -0.39 is 0 Å². The SMILES string of the molecule is CCOC(=O)c1cc(C)n(-c2c(C)cc(C)cc2C)c1N. The maximum Gasteiger partial charge on any atom is 0.341 e. The highest BCUT2D eigenvalue weighted by Crippen LogP contribution is 2.29. The van der Waals surface area contributed by atoms with Crippen molar-refractivity contribution in [3.05, 3.63) is 46.1 Å². The third-order valence-electron chi connectivity index (χ3n) is 3.58. The Hall–Kier alpha value is -2.23. The Bertz CT molecular complexity index is 676. The van der Waals surface area contributed by atoms with Crippen molar-refractivity contribution in [1.29, 1.82) is 0 Å². The van der Waals surface area contributed by atoms with Crippen molar-refractivity contribution in [1.82, 2.24) is 4.57 Å². The van der Waals surface area contributed by atoms with E-state index >= 15 is 0 Å². The first kappa shape index (κ1) is 15.2. The lowest BCUT2D eigenvalue weighted by molar-refractivity contribution is 0.0527. The van der Waals surface area contributed by atoms with Gasteiger partial charge < -0.3 is 10.5 Å². The van der Waals surface area contributed by atoms with E-state index in [4.69, 9.17) is 10.5 Å². The molecule has 2 rings (SSSR count). The van der Waals surface area contributed by atoms with Gasteiger partial charge in [0.05, 0.1) is 12.3 Å². The lowest BCUT2D eigenvalue weighted by Gasteiger charge is -2.16. The quantitative estimate of drug-likeness (QED) is 0.879. The van der Waals surface area contributed by atoms with Crippen LogP contribution >= 0.6 is 0 Å². The van der Waals surface area contributed by atoms with Crippen molar-refractivity contribution in [3.63, 3.8) is 0 Å². The molecule has 0 saturated carbocycles. The third-order valence-corrected chi connectivity index (χ3v) is 3.58. The molecule has 21 heavy (non-hydrogen) atoms. The van der Waals surface area contributed by atoms with Gasteiger partial charge in [0.1, 0.15) is 11.4 Å². The number of hydrogen-bond acceptors (Lipinski definition) is 3. The van der Waals surface area contributed by atoms with Crippen LogP contribution in [0.4, 0.5) is 5.82 Å². The summed E-state index contributed by atoms with van der Waals surface area (Å²) < 4.78 is 6.99. The number of carbonyl (C=O) groups is 1. The van der Waals surface area contributed by atoms with Crippen LogP contribution in [0.15, 0.2) is 18.2 Å². The largest absolute Gasteiger partial charge is 0.462 e. The lowest BCUT2D eigenvalue weighted by atomic mass is 10.0. The monoisotopic (exact) mass is 286 g/mol. The van der Waals surface area contributed by atoms with Gasteiger partial charge in [0, 0.05) is 5.69 Å². The van der Waals surface area contributed by atoms with Gasteiger partial charge in [0.25, 0.3) is 0 Å². The number of aryl methyl sites for hydroxylation is 4. The number of nitrogens with two attached hydrogens (primary N) is 1. The number of ether oxygens (including phenoxy) is 1. The molecule has 0 aliphatic rings. The van der Waals surface area contributed by atoms with Crippen LogP contribution in [0, 0.1) is 27.7 Å². The van der Waals surface area contributed by atoms with Crippen molar-refractivity contribution in [3.8, 4) is 5.69 Å². The Kier molecular flexibility index (Phi) is 4.07. The molecule has 0 spiro atoms. The predicted octanol–water partition coefficient (Wildman–Crippen LogP) is 3.47. The number of nitrogen functional groups attached to an aromatic ring is 1. The van der Waals surface area contributed by atoms with Crippen LogP contribution in [0.1, 0.15) is 39.7 Å². The zero-order valence-electron chi connectivity index (χ0n) is 13.3. The van der Waals surface area contributed by atoms with Crippen LogP contribution < -0.4 is 5.73 Å². The molecule has 2 aromatic rings. The van der Waals surface area contributed by atoms with Gasteiger partial charge in [-0.15, -0.1) is 0 Å². The van der Waals surface area contributed by atoms with Crippen LogP contribution in [-0.4, -0.2) is 17.1 Å². The van der Waals surface area contributed by atoms with Gasteiger partial charge in [-0.2, -0.15) is 0 Å². The Morgan fingerprint density at radius 1 is 1.14 bits per heavy atom. The standard InChI is InChI=1S/C17H22N2O2/c1-6-21-17(20)14-9-13(5)19(16(14)18)15-11(3)7-10(2)8-12(15)4/h7-9H,6,18H2,1-5H3. The summed E-state index contributed by atoms with van der Waals surface area (Å²) in [7, 11) is 0. The van der Waals surface area contributed by atoms with E-state index in [1.807, 2.05) is 11.5 Å². The highest BCUT2D eigenvalue weighted by atomic mass is 16.5. The summed E-state index contributed by atoms with van der Waals surface area (Å²) in [4.78, 5) is 12.0. The van der Waals surface area contributed by atoms with E-state index in [1.54, 1.807) is 13.0 Å². The van der Waals surface area contributed by atoms with Crippen LogP contribution in [0.25, 0.3) is 5.69 Å². The first-order valence-corrected chi connectivity index (χ1v) is 7.10. The fourth-order valence-corrected chi connectivity index (χ4v) is 2.85. The van der Waals surface area contributed by atoms with Gasteiger partial charge in [-0.25, -0.2) is 4.79 Å². The molecule has 112 valence electrons. The minimum absolute atomic E-state index is 0.338. The van der Waals surface area contributed by atoms with E-state index in [9.17, 15) is 4.79 Å². The first-order chi connectivity index (χ1) is 9.86. The zero-order valence-corrected chi connectivity index (χ0v) is 13.3. The van der Waals surface area contributed by atoms with Gasteiger partial charge in [-0.1, -0.05) is 17.7 Å². The van der Waals surface area contributed by atoms with E-state index in [0.29, 0.717) is 18.0 Å². The maximum atomic E-state index is 12.0. The molecule has 0 saturated heterocycles. The summed E-state index contributed by atoms with van der Waals surface area (Å²) in [6, 6.07) is 6.02. The number of aromatic nitrogens is 1. The number of hydrogen-bond donors (Lipinski definition) is 1. The first-order valence-electron chi connectivity index (χ1n) is 7.10. The molecule has 0 amide bonds. The summed E-state index contributed by atoms with van der Waals surface area (Å²) in [6.07, 6.45) is 0. The third kappa shape index (κ3) is 2.66. The van der Waals surface area contributed by atoms with Crippen LogP contribution in [0.3, 0.4) is 0 Å². The minimum atomic E-state index is -0.376. The molecule has 1 aromatic carbocycles. The number of esters is 1. The van der Waals surface area contributed by atoms with E-state index in [-0.39, 0.29) is 5.97 Å². The summed E-state index contributed by atoms with van der Waals surface area (Å²) in [5, 5.41) is 0. The van der Waals surface area contributed by atoms with Crippen molar-refractivity contribution in [2.75, 3.05) is 12.3 Å². The lowest BCUT2D eigenvalue weighted by Crippen LogP contribution is -2.10. The highest BCUT2D eigenvalue weighted by Gasteiger charge is 2.20. The Morgan fingerprint density at radius 3 is 2.24 bits per heavy atom. The molecule has 0 fully saturated rings. The van der Waals surface area contributed by atoms with Crippen LogP contribution in [0.2, 0.25) is 0 Å². The maximum absolute atomic E-state index is 12.0. The number of benzene rings is 1. The van der Waals surface area contributed by atoms with Crippen molar-refractivity contribution < 1.29 is 9.53 Å². The Balaban J connectivity index is 2.64. The molecule has 0 atom stereocenters. The molecule has 2 N–H and O–H groups in total. The van der Waals surface area contributed by atoms with Gasteiger partial charge in [-0.05, 0) is 51.8 Å². The van der Waals surface area contributed by atoms with Crippen LogP contribution in [0.5, 0.6) is 0 Å². The fraction of sp³-hybridized carbons (Fsp3) is 0.353. The zero-order chi connectivity index (χ0) is 15.7. The smallest absolute Gasteiger partial charge is 0.341 e. The van der Waals surface area contributed by atoms with Gasteiger partial charge in [-0.3, -0.25) is 4.57 Å². The van der Waals surface area contributed by atoms with Gasteiger partial charge in [0.2, 0.25) is 0 Å². The van der Waals surface area contributed by atoms with E-state index in [1.165, 1.54) is 5.56 Å². The van der Waals surface area contributed by atoms with Crippen molar-refractivity contribution in [2.24, 2.45) is 0 Å². The van der Waals surface area contributed by atoms with E-state index in [2.05, 4.69) is 32.9 Å².